The molecule has 0 spiro atoms. The number of halogens is 1. The first-order chi connectivity index (χ1) is 12.6. The first kappa shape index (κ1) is 16.3. The second-order valence-electron chi connectivity index (χ2n) is 8.00. The summed E-state index contributed by atoms with van der Waals surface area (Å²) in [6, 6.07) is 5.43. The van der Waals surface area contributed by atoms with Crippen molar-refractivity contribution in [1.29, 1.82) is 0 Å². The second kappa shape index (κ2) is 5.82. The highest BCUT2D eigenvalue weighted by Crippen LogP contribution is 2.58. The van der Waals surface area contributed by atoms with Crippen LogP contribution in [0.4, 0.5) is 5.69 Å². The van der Waals surface area contributed by atoms with Gasteiger partial charge in [-0.2, -0.15) is 0 Å². The van der Waals surface area contributed by atoms with E-state index in [2.05, 4.69) is 12.2 Å². The molecule has 0 aromatic heterocycles. The summed E-state index contributed by atoms with van der Waals surface area (Å²) in [5.41, 5.74) is 4.37. The van der Waals surface area contributed by atoms with Gasteiger partial charge in [0.05, 0.1) is 17.5 Å². The quantitative estimate of drug-likeness (QED) is 0.526. The minimum absolute atomic E-state index is 0.0453. The summed E-state index contributed by atoms with van der Waals surface area (Å²) in [5.74, 6) is -0.286. The van der Waals surface area contributed by atoms with E-state index in [1.165, 1.54) is 35.3 Å². The Kier molecular flexibility index (Phi) is 3.65. The molecule has 4 atom stereocenters. The Labute approximate surface area is 158 Å². The molecule has 3 fully saturated rings. The Morgan fingerprint density at radius 1 is 0.962 bits per heavy atom. The maximum absolute atomic E-state index is 13.3. The molecule has 0 radical (unpaired) electrons. The number of imide groups is 1. The molecule has 1 saturated heterocycles. The normalized spacial score (nSPS) is 32.8. The van der Waals surface area contributed by atoms with E-state index in [1.807, 2.05) is 19.1 Å². The molecular formula is C22H22ClNO2. The first-order valence-electron chi connectivity index (χ1n) is 9.62. The highest BCUT2D eigenvalue weighted by molar-refractivity contribution is 6.32. The van der Waals surface area contributed by atoms with Gasteiger partial charge in [0.25, 0.3) is 0 Å². The van der Waals surface area contributed by atoms with Crippen molar-refractivity contribution in [2.75, 3.05) is 4.90 Å². The Morgan fingerprint density at radius 2 is 1.58 bits per heavy atom. The van der Waals surface area contributed by atoms with E-state index in [9.17, 15) is 9.59 Å². The number of carbonyl (C=O) groups is 2. The first-order valence-corrected chi connectivity index (χ1v) is 10.0. The van der Waals surface area contributed by atoms with Crippen LogP contribution in [-0.4, -0.2) is 11.8 Å². The molecular weight excluding hydrogens is 346 g/mol. The Morgan fingerprint density at radius 3 is 2.19 bits per heavy atom. The van der Waals surface area contributed by atoms with Gasteiger partial charge in [-0.1, -0.05) is 47.4 Å². The SMILES string of the molecule is Cc1c(Cl)cccc1N1C(=O)[C@@H]2[C@@H](C1=O)[C@@H]1C=C[C@@H]2C1=C1CCCCC1. The summed E-state index contributed by atoms with van der Waals surface area (Å²) in [5, 5.41) is 0.589. The average Bonchev–Trinajstić information content (AvgIpc) is 3.29. The van der Waals surface area contributed by atoms with Gasteiger partial charge in [0.1, 0.15) is 0 Å². The van der Waals surface area contributed by atoms with Crippen molar-refractivity contribution in [3.05, 3.63) is 52.1 Å². The lowest BCUT2D eigenvalue weighted by Gasteiger charge is -2.23. The third kappa shape index (κ3) is 2.07. The van der Waals surface area contributed by atoms with Gasteiger partial charge in [0.2, 0.25) is 11.8 Å². The van der Waals surface area contributed by atoms with Crippen LogP contribution in [0.1, 0.15) is 37.7 Å². The second-order valence-corrected chi connectivity index (χ2v) is 8.41. The summed E-state index contributed by atoms with van der Waals surface area (Å²) in [4.78, 5) is 28.0. The minimum Gasteiger partial charge on any atom is -0.274 e. The molecule has 1 aliphatic heterocycles. The minimum atomic E-state index is -0.222. The zero-order chi connectivity index (χ0) is 18.0. The van der Waals surface area contributed by atoms with Crippen molar-refractivity contribution >= 4 is 29.1 Å². The van der Waals surface area contributed by atoms with E-state index in [0.717, 1.165) is 18.4 Å². The molecule has 3 nitrogen and oxygen atoms in total. The molecule has 4 aliphatic rings. The van der Waals surface area contributed by atoms with E-state index >= 15 is 0 Å². The third-order valence-corrected chi connectivity index (χ3v) is 7.17. The van der Waals surface area contributed by atoms with Crippen LogP contribution in [0.5, 0.6) is 0 Å². The maximum atomic E-state index is 13.3. The average molecular weight is 368 g/mol. The van der Waals surface area contributed by atoms with Crippen molar-refractivity contribution in [2.24, 2.45) is 23.7 Å². The molecule has 1 heterocycles. The summed E-state index contributed by atoms with van der Waals surface area (Å²) in [7, 11) is 0. The van der Waals surface area contributed by atoms with Gasteiger partial charge < -0.3 is 0 Å². The van der Waals surface area contributed by atoms with Gasteiger partial charge in [-0.3, -0.25) is 9.59 Å². The molecule has 1 aromatic rings. The molecule has 5 rings (SSSR count). The number of rotatable bonds is 1. The largest absolute Gasteiger partial charge is 0.274 e. The van der Waals surface area contributed by atoms with Gasteiger partial charge in [0, 0.05) is 16.9 Å². The van der Waals surface area contributed by atoms with Crippen LogP contribution in [0.25, 0.3) is 0 Å². The van der Waals surface area contributed by atoms with E-state index in [-0.39, 0.29) is 35.5 Å². The number of carbonyl (C=O) groups excluding carboxylic acids is 2. The highest BCUT2D eigenvalue weighted by Gasteiger charge is 2.62. The Hall–Kier alpha value is -1.87. The molecule has 1 aromatic carbocycles. The van der Waals surface area contributed by atoms with Gasteiger partial charge in [-0.25, -0.2) is 4.90 Å². The number of hydrogen-bond acceptors (Lipinski definition) is 2. The van der Waals surface area contributed by atoms with Gasteiger partial charge in [0.15, 0.2) is 0 Å². The number of benzene rings is 1. The van der Waals surface area contributed by atoms with Gasteiger partial charge in [-0.05, 0) is 50.3 Å². The van der Waals surface area contributed by atoms with Crippen LogP contribution in [-0.2, 0) is 9.59 Å². The zero-order valence-corrected chi connectivity index (χ0v) is 15.6. The van der Waals surface area contributed by atoms with E-state index < -0.39 is 0 Å². The summed E-state index contributed by atoms with van der Waals surface area (Å²) in [6.07, 6.45) is 10.4. The molecule has 3 aliphatic carbocycles. The molecule has 2 saturated carbocycles. The third-order valence-electron chi connectivity index (χ3n) is 6.76. The zero-order valence-electron chi connectivity index (χ0n) is 14.9. The van der Waals surface area contributed by atoms with Crippen LogP contribution in [0, 0.1) is 30.6 Å². The maximum Gasteiger partial charge on any atom is 0.238 e. The summed E-state index contributed by atoms with van der Waals surface area (Å²) in [6.45, 7) is 1.87. The Balaban J connectivity index is 1.55. The molecule has 26 heavy (non-hydrogen) atoms. The van der Waals surface area contributed by atoms with Gasteiger partial charge >= 0.3 is 0 Å². The predicted molar refractivity (Wildman–Crippen MR) is 102 cm³/mol. The van der Waals surface area contributed by atoms with Crippen molar-refractivity contribution in [2.45, 2.75) is 39.0 Å². The number of anilines is 1. The standard InChI is InChI=1S/C22H22ClNO2/c1-12-16(23)8-5-9-17(12)24-21(25)19-14-10-11-15(20(19)22(24)26)18(14)13-6-3-2-4-7-13/h5,8-11,14-15,19-20H,2-4,6-7H2,1H3/t14-,15-,19+,20+/m1/s1. The van der Waals surface area contributed by atoms with Crippen molar-refractivity contribution in [3.63, 3.8) is 0 Å². The monoisotopic (exact) mass is 367 g/mol. The highest BCUT2D eigenvalue weighted by atomic mass is 35.5. The number of nitrogens with zero attached hydrogens (tertiary/aromatic N) is 1. The van der Waals surface area contributed by atoms with Crippen molar-refractivity contribution in [3.8, 4) is 0 Å². The fourth-order valence-corrected chi connectivity index (χ4v) is 5.75. The van der Waals surface area contributed by atoms with Crippen LogP contribution in [0.15, 0.2) is 41.5 Å². The number of fused-ring (bicyclic) bond motifs is 5. The van der Waals surface area contributed by atoms with Crippen molar-refractivity contribution in [1.82, 2.24) is 0 Å². The smallest absolute Gasteiger partial charge is 0.238 e. The lowest BCUT2D eigenvalue weighted by molar-refractivity contribution is -0.122. The van der Waals surface area contributed by atoms with Gasteiger partial charge in [-0.15, -0.1) is 0 Å². The number of hydrogen-bond donors (Lipinski definition) is 0. The summed E-state index contributed by atoms with van der Waals surface area (Å²) < 4.78 is 0. The van der Waals surface area contributed by atoms with Crippen molar-refractivity contribution < 1.29 is 9.59 Å². The lowest BCUT2D eigenvalue weighted by atomic mass is 9.85. The van der Waals surface area contributed by atoms with E-state index in [1.54, 1.807) is 6.07 Å². The number of amides is 2. The number of allylic oxidation sites excluding steroid dienone is 4. The fraction of sp³-hybridized carbons (Fsp3) is 0.455. The van der Waals surface area contributed by atoms with Crippen LogP contribution in [0.3, 0.4) is 0 Å². The van der Waals surface area contributed by atoms with Crippen LogP contribution in [0.2, 0.25) is 5.02 Å². The lowest BCUT2D eigenvalue weighted by Crippen LogP contribution is -2.34. The molecule has 134 valence electrons. The molecule has 2 amide bonds. The van der Waals surface area contributed by atoms with Crippen LogP contribution >= 0.6 is 11.6 Å². The molecule has 4 heteroatoms. The molecule has 0 N–H and O–H groups in total. The van der Waals surface area contributed by atoms with E-state index in [0.29, 0.717) is 10.7 Å². The van der Waals surface area contributed by atoms with E-state index in [4.69, 9.17) is 11.6 Å². The molecule has 0 unspecified atom stereocenters. The van der Waals surface area contributed by atoms with Crippen LogP contribution < -0.4 is 4.90 Å². The molecule has 2 bridgehead atoms. The predicted octanol–water partition coefficient (Wildman–Crippen LogP) is 4.83. The summed E-state index contributed by atoms with van der Waals surface area (Å²) >= 11 is 6.23. The Bertz CT molecular complexity index is 842. The fourth-order valence-electron chi connectivity index (χ4n) is 5.58. The topological polar surface area (TPSA) is 37.4 Å².